The standard InChI is InChI=1S/C11H9BrN2O2/c1-7-2-3-9(5-13-7)14-6-8(12)4-10(14)11(15)16/h2-6H,1H3,(H,15,16). The summed E-state index contributed by atoms with van der Waals surface area (Å²) in [6.45, 7) is 1.88. The van der Waals surface area contributed by atoms with Gasteiger partial charge in [0.25, 0.3) is 0 Å². The predicted octanol–water partition coefficient (Wildman–Crippen LogP) is 2.64. The van der Waals surface area contributed by atoms with Crippen molar-refractivity contribution in [2.24, 2.45) is 0 Å². The van der Waals surface area contributed by atoms with E-state index in [0.717, 1.165) is 15.9 Å². The lowest BCUT2D eigenvalue weighted by Gasteiger charge is -2.05. The molecule has 2 aromatic rings. The quantitative estimate of drug-likeness (QED) is 0.920. The van der Waals surface area contributed by atoms with Crippen molar-refractivity contribution in [3.05, 3.63) is 46.5 Å². The van der Waals surface area contributed by atoms with Gasteiger partial charge in [0, 0.05) is 16.4 Å². The number of pyridine rings is 1. The van der Waals surface area contributed by atoms with E-state index < -0.39 is 5.97 Å². The first kappa shape index (κ1) is 10.9. The third-order valence-electron chi connectivity index (χ3n) is 2.18. The lowest BCUT2D eigenvalue weighted by molar-refractivity contribution is 0.0688. The summed E-state index contributed by atoms with van der Waals surface area (Å²) in [5.74, 6) is -0.966. The fourth-order valence-electron chi connectivity index (χ4n) is 1.41. The zero-order valence-corrected chi connectivity index (χ0v) is 10.1. The highest BCUT2D eigenvalue weighted by Crippen LogP contribution is 2.19. The number of rotatable bonds is 2. The molecule has 2 aromatic heterocycles. The van der Waals surface area contributed by atoms with E-state index in [9.17, 15) is 4.79 Å². The van der Waals surface area contributed by atoms with Crippen molar-refractivity contribution < 1.29 is 9.90 Å². The van der Waals surface area contributed by atoms with E-state index in [1.54, 1.807) is 23.0 Å². The molecule has 0 aliphatic rings. The first-order chi connectivity index (χ1) is 7.58. The number of halogens is 1. The lowest BCUT2D eigenvalue weighted by atomic mass is 10.3. The van der Waals surface area contributed by atoms with Crippen LogP contribution in [-0.4, -0.2) is 20.6 Å². The van der Waals surface area contributed by atoms with Gasteiger partial charge in [-0.2, -0.15) is 0 Å². The van der Waals surface area contributed by atoms with Gasteiger partial charge in [-0.05, 0) is 41.1 Å². The summed E-state index contributed by atoms with van der Waals surface area (Å²) < 4.78 is 2.31. The van der Waals surface area contributed by atoms with Crippen LogP contribution in [0.1, 0.15) is 16.2 Å². The molecule has 0 aliphatic carbocycles. The van der Waals surface area contributed by atoms with Crippen LogP contribution in [0.3, 0.4) is 0 Å². The van der Waals surface area contributed by atoms with Gasteiger partial charge in [-0.25, -0.2) is 4.79 Å². The van der Waals surface area contributed by atoms with Gasteiger partial charge < -0.3 is 9.67 Å². The average Bonchev–Trinajstić information content (AvgIpc) is 2.61. The number of carboxylic acid groups (broad SMARTS) is 1. The van der Waals surface area contributed by atoms with Crippen LogP contribution in [0.15, 0.2) is 35.1 Å². The molecule has 0 aliphatic heterocycles. The predicted molar refractivity (Wildman–Crippen MR) is 63.0 cm³/mol. The average molecular weight is 281 g/mol. The van der Waals surface area contributed by atoms with Gasteiger partial charge in [-0.3, -0.25) is 4.98 Å². The normalized spacial score (nSPS) is 10.4. The first-order valence-electron chi connectivity index (χ1n) is 4.62. The molecule has 5 heteroatoms. The van der Waals surface area contributed by atoms with Gasteiger partial charge in [-0.15, -0.1) is 0 Å². The molecule has 2 rings (SSSR count). The second-order valence-electron chi connectivity index (χ2n) is 3.38. The van der Waals surface area contributed by atoms with Gasteiger partial charge in [0.2, 0.25) is 0 Å². The molecule has 0 spiro atoms. The Morgan fingerprint density at radius 3 is 2.81 bits per heavy atom. The van der Waals surface area contributed by atoms with Crippen LogP contribution in [0.2, 0.25) is 0 Å². The number of nitrogens with zero attached hydrogens (tertiary/aromatic N) is 2. The Morgan fingerprint density at radius 1 is 1.50 bits per heavy atom. The van der Waals surface area contributed by atoms with Crippen LogP contribution in [0.25, 0.3) is 5.69 Å². The van der Waals surface area contributed by atoms with Crippen molar-refractivity contribution >= 4 is 21.9 Å². The maximum absolute atomic E-state index is 11.0. The highest BCUT2D eigenvalue weighted by molar-refractivity contribution is 9.10. The molecule has 0 atom stereocenters. The van der Waals surface area contributed by atoms with Crippen LogP contribution in [0, 0.1) is 6.92 Å². The molecule has 82 valence electrons. The molecule has 0 radical (unpaired) electrons. The largest absolute Gasteiger partial charge is 0.477 e. The number of aromatic carboxylic acids is 1. The van der Waals surface area contributed by atoms with E-state index in [1.165, 1.54) is 0 Å². The zero-order chi connectivity index (χ0) is 11.7. The summed E-state index contributed by atoms with van der Waals surface area (Å²) >= 11 is 3.26. The zero-order valence-electron chi connectivity index (χ0n) is 8.51. The number of aryl methyl sites for hydroxylation is 1. The monoisotopic (exact) mass is 280 g/mol. The highest BCUT2D eigenvalue weighted by Gasteiger charge is 2.12. The maximum Gasteiger partial charge on any atom is 0.352 e. The second-order valence-corrected chi connectivity index (χ2v) is 4.29. The molecule has 16 heavy (non-hydrogen) atoms. The molecule has 0 saturated heterocycles. The molecule has 0 saturated carbocycles. The fourth-order valence-corrected chi connectivity index (χ4v) is 1.83. The molecule has 0 amide bonds. The van der Waals surface area contributed by atoms with Crippen LogP contribution < -0.4 is 0 Å². The third kappa shape index (κ3) is 1.99. The minimum Gasteiger partial charge on any atom is -0.477 e. The minimum atomic E-state index is -0.966. The lowest BCUT2D eigenvalue weighted by Crippen LogP contribution is -2.05. The van der Waals surface area contributed by atoms with Crippen LogP contribution in [0.5, 0.6) is 0 Å². The maximum atomic E-state index is 11.0. The topological polar surface area (TPSA) is 55.1 Å². The molecular weight excluding hydrogens is 272 g/mol. The van der Waals surface area contributed by atoms with Crippen molar-refractivity contribution in [3.63, 3.8) is 0 Å². The van der Waals surface area contributed by atoms with E-state index in [2.05, 4.69) is 20.9 Å². The Balaban J connectivity index is 2.55. The molecule has 0 bridgehead atoms. The Kier molecular flexibility index (Phi) is 2.78. The van der Waals surface area contributed by atoms with Crippen molar-refractivity contribution in [1.82, 2.24) is 9.55 Å². The summed E-state index contributed by atoms with van der Waals surface area (Å²) in [7, 11) is 0. The Bertz CT molecular complexity index is 531. The molecule has 0 aromatic carbocycles. The van der Waals surface area contributed by atoms with E-state index in [-0.39, 0.29) is 5.69 Å². The van der Waals surface area contributed by atoms with Gasteiger partial charge in [0.05, 0.1) is 11.9 Å². The molecule has 1 N–H and O–H groups in total. The van der Waals surface area contributed by atoms with Gasteiger partial charge >= 0.3 is 5.97 Å². The summed E-state index contributed by atoms with van der Waals surface area (Å²) in [5, 5.41) is 9.03. The fraction of sp³-hybridized carbons (Fsp3) is 0.0909. The number of hydrogen-bond acceptors (Lipinski definition) is 2. The molecule has 2 heterocycles. The van der Waals surface area contributed by atoms with Crippen molar-refractivity contribution in [1.29, 1.82) is 0 Å². The highest BCUT2D eigenvalue weighted by atomic mass is 79.9. The van der Waals surface area contributed by atoms with Crippen molar-refractivity contribution in [2.75, 3.05) is 0 Å². The van der Waals surface area contributed by atoms with Crippen LogP contribution >= 0.6 is 15.9 Å². The molecule has 4 nitrogen and oxygen atoms in total. The summed E-state index contributed by atoms with van der Waals surface area (Å²) in [5.41, 5.74) is 1.83. The van der Waals surface area contributed by atoms with Gasteiger partial charge in [0.15, 0.2) is 0 Å². The van der Waals surface area contributed by atoms with Gasteiger partial charge in [-0.1, -0.05) is 0 Å². The Morgan fingerprint density at radius 2 is 2.25 bits per heavy atom. The number of hydrogen-bond donors (Lipinski definition) is 1. The Hall–Kier alpha value is -1.62. The van der Waals surface area contributed by atoms with Crippen LogP contribution in [-0.2, 0) is 0 Å². The van der Waals surface area contributed by atoms with E-state index in [4.69, 9.17) is 5.11 Å². The van der Waals surface area contributed by atoms with Crippen molar-refractivity contribution in [3.8, 4) is 5.69 Å². The summed E-state index contributed by atoms with van der Waals surface area (Å²) in [6.07, 6.45) is 3.35. The smallest absolute Gasteiger partial charge is 0.352 e. The SMILES string of the molecule is Cc1ccc(-n2cc(Br)cc2C(=O)O)cn1. The molecule has 0 unspecified atom stereocenters. The van der Waals surface area contributed by atoms with Crippen LogP contribution in [0.4, 0.5) is 0 Å². The molecule has 0 fully saturated rings. The van der Waals surface area contributed by atoms with E-state index in [0.29, 0.717) is 0 Å². The summed E-state index contributed by atoms with van der Waals surface area (Å²) in [6, 6.07) is 5.23. The molecular formula is C11H9BrN2O2. The third-order valence-corrected chi connectivity index (χ3v) is 2.61. The van der Waals surface area contributed by atoms with E-state index >= 15 is 0 Å². The second kappa shape index (κ2) is 4.09. The minimum absolute atomic E-state index is 0.206. The van der Waals surface area contributed by atoms with Crippen molar-refractivity contribution in [2.45, 2.75) is 6.92 Å². The van der Waals surface area contributed by atoms with E-state index in [1.807, 2.05) is 19.1 Å². The summed E-state index contributed by atoms with van der Waals surface area (Å²) in [4.78, 5) is 15.1. The number of aromatic nitrogens is 2. The first-order valence-corrected chi connectivity index (χ1v) is 5.41. The number of carbonyl (C=O) groups is 1. The Labute approximate surface area is 101 Å². The van der Waals surface area contributed by atoms with Gasteiger partial charge in [0.1, 0.15) is 5.69 Å². The number of carboxylic acids is 1.